The van der Waals surface area contributed by atoms with Crippen molar-refractivity contribution in [2.45, 2.75) is 78.2 Å². The van der Waals surface area contributed by atoms with E-state index >= 15 is 0 Å². The van der Waals surface area contributed by atoms with Crippen LogP contribution in [0.1, 0.15) is 72.1 Å². The van der Waals surface area contributed by atoms with Crippen LogP contribution < -0.4 is 0 Å². The molecule has 1 heteroatoms. The first-order valence-corrected chi connectivity index (χ1v) is 7.83. The Morgan fingerprint density at radius 1 is 0.944 bits per heavy atom. The zero-order valence-corrected chi connectivity index (χ0v) is 12.4. The number of hydrogen-bond donors (Lipinski definition) is 0. The van der Waals surface area contributed by atoms with Crippen molar-refractivity contribution in [2.75, 3.05) is 0 Å². The predicted octanol–water partition coefficient (Wildman–Crippen LogP) is 5.16. The molecule has 0 saturated heterocycles. The minimum Gasteiger partial charge on any atom is -0.289 e. The number of dihydropyridines is 1. The van der Waals surface area contributed by atoms with Gasteiger partial charge in [-0.1, -0.05) is 64.9 Å². The molecule has 0 amide bonds. The lowest BCUT2D eigenvalue weighted by Gasteiger charge is -2.36. The summed E-state index contributed by atoms with van der Waals surface area (Å²) in [6.07, 6.45) is 15.5. The second-order valence-electron chi connectivity index (χ2n) is 7.04. The van der Waals surface area contributed by atoms with E-state index < -0.39 is 0 Å². The lowest BCUT2D eigenvalue weighted by molar-refractivity contribution is 0.325. The van der Waals surface area contributed by atoms with Crippen molar-refractivity contribution in [1.29, 1.82) is 0 Å². The summed E-state index contributed by atoms with van der Waals surface area (Å²) in [4.78, 5) is 4.79. The second-order valence-corrected chi connectivity index (χ2v) is 7.04. The summed E-state index contributed by atoms with van der Waals surface area (Å²) < 4.78 is 0. The molecule has 0 spiro atoms. The molecule has 1 nitrogen and oxygen atoms in total. The van der Waals surface area contributed by atoms with E-state index in [4.69, 9.17) is 4.99 Å². The Kier molecular flexibility index (Phi) is 4.64. The normalized spacial score (nSPS) is 30.5. The molecular formula is C17H29N. The van der Waals surface area contributed by atoms with Crippen LogP contribution in [0.15, 0.2) is 16.6 Å². The first-order chi connectivity index (χ1) is 8.59. The first-order valence-electron chi connectivity index (χ1n) is 7.83. The van der Waals surface area contributed by atoms with Gasteiger partial charge in [-0.2, -0.15) is 0 Å². The fourth-order valence-electron chi connectivity index (χ4n) is 3.52. The van der Waals surface area contributed by atoms with Gasteiger partial charge in [-0.05, 0) is 24.3 Å². The van der Waals surface area contributed by atoms with E-state index in [-0.39, 0.29) is 0 Å². The average molecular weight is 247 g/mol. The fraction of sp³-hybridized carbons (Fsp3) is 0.824. The summed E-state index contributed by atoms with van der Waals surface area (Å²) >= 11 is 0. The standard InChI is InChI=1S/C17H29N/c1-17(2,3)15-12-13-18-16-11-9-7-5-4-6-8-10-14(15)16/h12-14,16H,4-11H2,1-3H3. The minimum absolute atomic E-state index is 0.305. The summed E-state index contributed by atoms with van der Waals surface area (Å²) in [6.45, 7) is 7.07. The smallest absolute Gasteiger partial charge is 0.0565 e. The lowest BCUT2D eigenvalue weighted by atomic mass is 9.71. The third-order valence-corrected chi connectivity index (χ3v) is 4.53. The molecule has 1 fully saturated rings. The highest BCUT2D eigenvalue weighted by Crippen LogP contribution is 2.40. The van der Waals surface area contributed by atoms with Crippen LogP contribution in [-0.4, -0.2) is 12.3 Å². The molecule has 1 saturated carbocycles. The Balaban J connectivity index is 2.13. The van der Waals surface area contributed by atoms with Crippen molar-refractivity contribution in [1.82, 2.24) is 0 Å². The van der Waals surface area contributed by atoms with Gasteiger partial charge in [-0.15, -0.1) is 0 Å². The van der Waals surface area contributed by atoms with Crippen LogP contribution in [0.25, 0.3) is 0 Å². The molecule has 0 aromatic rings. The van der Waals surface area contributed by atoms with Crippen LogP contribution in [-0.2, 0) is 0 Å². The largest absolute Gasteiger partial charge is 0.289 e. The van der Waals surface area contributed by atoms with Crippen molar-refractivity contribution in [3.63, 3.8) is 0 Å². The number of fused-ring (bicyclic) bond motifs is 1. The van der Waals surface area contributed by atoms with E-state index in [1.807, 2.05) is 0 Å². The number of allylic oxidation sites excluding steroid dienone is 1. The zero-order valence-electron chi connectivity index (χ0n) is 12.4. The minimum atomic E-state index is 0.305. The third-order valence-electron chi connectivity index (χ3n) is 4.53. The maximum Gasteiger partial charge on any atom is 0.0565 e. The van der Waals surface area contributed by atoms with Crippen molar-refractivity contribution < 1.29 is 0 Å². The van der Waals surface area contributed by atoms with Crippen LogP contribution in [0.2, 0.25) is 0 Å². The van der Waals surface area contributed by atoms with E-state index in [9.17, 15) is 0 Å². The molecule has 1 aliphatic heterocycles. The molecule has 1 heterocycles. The highest BCUT2D eigenvalue weighted by atomic mass is 14.8. The highest BCUT2D eigenvalue weighted by molar-refractivity contribution is 5.74. The maximum atomic E-state index is 4.79. The van der Waals surface area contributed by atoms with Gasteiger partial charge in [0.15, 0.2) is 0 Å². The number of nitrogens with zero attached hydrogens (tertiary/aromatic N) is 1. The van der Waals surface area contributed by atoms with Crippen molar-refractivity contribution in [3.8, 4) is 0 Å². The quantitative estimate of drug-likeness (QED) is 0.560. The average Bonchev–Trinajstić information content (AvgIpc) is 2.33. The molecule has 0 radical (unpaired) electrons. The van der Waals surface area contributed by atoms with E-state index in [2.05, 4.69) is 33.1 Å². The van der Waals surface area contributed by atoms with E-state index in [1.165, 1.54) is 51.4 Å². The summed E-state index contributed by atoms with van der Waals surface area (Å²) in [5, 5.41) is 0. The van der Waals surface area contributed by atoms with Crippen LogP contribution in [0.4, 0.5) is 0 Å². The van der Waals surface area contributed by atoms with Gasteiger partial charge in [0.25, 0.3) is 0 Å². The highest BCUT2D eigenvalue weighted by Gasteiger charge is 2.32. The van der Waals surface area contributed by atoms with E-state index in [0.29, 0.717) is 17.4 Å². The van der Waals surface area contributed by atoms with Crippen LogP contribution >= 0.6 is 0 Å². The van der Waals surface area contributed by atoms with Gasteiger partial charge < -0.3 is 0 Å². The van der Waals surface area contributed by atoms with Gasteiger partial charge >= 0.3 is 0 Å². The number of aliphatic imine (C=N–C) groups is 1. The third kappa shape index (κ3) is 3.46. The molecule has 2 unspecified atom stereocenters. The van der Waals surface area contributed by atoms with Gasteiger partial charge in [0, 0.05) is 12.1 Å². The van der Waals surface area contributed by atoms with Gasteiger partial charge in [0.1, 0.15) is 0 Å². The van der Waals surface area contributed by atoms with E-state index in [1.54, 1.807) is 5.57 Å². The SMILES string of the molecule is CC(C)(C)C1=CC=NC2CCCCCCCCC12. The Morgan fingerprint density at radius 3 is 2.22 bits per heavy atom. The molecule has 1 aliphatic carbocycles. The van der Waals surface area contributed by atoms with Crippen molar-refractivity contribution >= 4 is 6.21 Å². The van der Waals surface area contributed by atoms with Crippen LogP contribution in [0.5, 0.6) is 0 Å². The Labute approximate surface area is 113 Å². The second kappa shape index (κ2) is 6.04. The summed E-state index contributed by atoms with van der Waals surface area (Å²) in [7, 11) is 0. The zero-order chi connectivity index (χ0) is 13.0. The topological polar surface area (TPSA) is 12.4 Å². The molecule has 0 aromatic carbocycles. The Bertz CT molecular complexity index is 319. The van der Waals surface area contributed by atoms with Crippen LogP contribution in [0, 0.1) is 11.3 Å². The Morgan fingerprint density at radius 2 is 1.56 bits per heavy atom. The molecule has 2 atom stereocenters. The molecule has 0 N–H and O–H groups in total. The summed E-state index contributed by atoms with van der Waals surface area (Å²) in [5.41, 5.74) is 1.95. The maximum absolute atomic E-state index is 4.79. The van der Waals surface area contributed by atoms with Crippen LogP contribution in [0.3, 0.4) is 0 Å². The van der Waals surface area contributed by atoms with E-state index in [0.717, 1.165) is 0 Å². The van der Waals surface area contributed by atoms with Gasteiger partial charge in [-0.3, -0.25) is 4.99 Å². The summed E-state index contributed by atoms with van der Waals surface area (Å²) in [6, 6.07) is 0.572. The van der Waals surface area contributed by atoms with Crippen molar-refractivity contribution in [3.05, 3.63) is 11.6 Å². The molecule has 2 aliphatic rings. The molecule has 0 aromatic heterocycles. The molecule has 102 valence electrons. The Hall–Kier alpha value is -0.590. The first kappa shape index (κ1) is 13.8. The molecule has 18 heavy (non-hydrogen) atoms. The van der Waals surface area contributed by atoms with Crippen molar-refractivity contribution in [2.24, 2.45) is 16.3 Å². The molecular weight excluding hydrogens is 218 g/mol. The molecule has 0 bridgehead atoms. The van der Waals surface area contributed by atoms with Gasteiger partial charge in [-0.25, -0.2) is 0 Å². The predicted molar refractivity (Wildman–Crippen MR) is 80.2 cm³/mol. The fourth-order valence-corrected chi connectivity index (χ4v) is 3.52. The summed E-state index contributed by atoms with van der Waals surface area (Å²) in [5.74, 6) is 0.716. The number of rotatable bonds is 0. The molecule has 2 rings (SSSR count). The van der Waals surface area contributed by atoms with Gasteiger partial charge in [0.05, 0.1) is 6.04 Å². The monoisotopic (exact) mass is 247 g/mol. The van der Waals surface area contributed by atoms with Gasteiger partial charge in [0.2, 0.25) is 0 Å². The number of hydrogen-bond acceptors (Lipinski definition) is 1. The lowest BCUT2D eigenvalue weighted by Crippen LogP contribution is -2.30.